The lowest BCUT2D eigenvalue weighted by Crippen LogP contribution is -2.52. The molecule has 2 amide bonds. The Hall–Kier alpha value is -3.22. The van der Waals surface area contributed by atoms with Crippen LogP contribution in [-0.2, 0) is 29.0 Å². The molecule has 33 heavy (non-hydrogen) atoms. The Kier molecular flexibility index (Phi) is 7.37. The molecule has 7 heteroatoms. The minimum atomic E-state index is -0.467. The Bertz CT molecular complexity index is 1140. The lowest BCUT2D eigenvalue weighted by Gasteiger charge is -2.35. The van der Waals surface area contributed by atoms with Gasteiger partial charge in [0, 0.05) is 13.1 Å². The molecule has 0 saturated carbocycles. The molecule has 0 aromatic heterocycles. The minimum Gasteiger partial charge on any atom is -0.354 e. The van der Waals surface area contributed by atoms with Gasteiger partial charge in [-0.25, -0.2) is 4.39 Å². The monoisotopic (exact) mass is 465 g/mol. The smallest absolute Gasteiger partial charge is 0.238 e. The summed E-state index contributed by atoms with van der Waals surface area (Å²) < 4.78 is 13.1. The van der Waals surface area contributed by atoms with Crippen molar-refractivity contribution in [3.63, 3.8) is 0 Å². The minimum absolute atomic E-state index is 0.0651. The predicted octanol–water partition coefficient (Wildman–Crippen LogP) is 4.20. The molecule has 0 radical (unpaired) electrons. The van der Waals surface area contributed by atoms with E-state index in [2.05, 4.69) is 10.6 Å². The lowest BCUT2D eigenvalue weighted by molar-refractivity contribution is -0.128. The van der Waals surface area contributed by atoms with Crippen LogP contribution in [0, 0.1) is 5.82 Å². The van der Waals surface area contributed by atoms with Crippen LogP contribution < -0.4 is 10.6 Å². The van der Waals surface area contributed by atoms with Gasteiger partial charge in [-0.2, -0.15) is 0 Å². The fourth-order valence-electron chi connectivity index (χ4n) is 4.04. The number of carbonyl (C=O) groups excluding carboxylic acids is 2. The molecular formula is C26H25ClFN3O2. The van der Waals surface area contributed by atoms with Crippen molar-refractivity contribution in [1.29, 1.82) is 0 Å². The number of halogens is 2. The normalized spacial score (nSPS) is 15.5. The average Bonchev–Trinajstić information content (AvgIpc) is 2.81. The Morgan fingerprint density at radius 2 is 1.67 bits per heavy atom. The summed E-state index contributed by atoms with van der Waals surface area (Å²) in [5.41, 5.74) is 3.71. The van der Waals surface area contributed by atoms with E-state index in [9.17, 15) is 14.0 Å². The van der Waals surface area contributed by atoms with Crippen molar-refractivity contribution in [3.8, 4) is 0 Å². The first-order chi connectivity index (χ1) is 16.0. The van der Waals surface area contributed by atoms with E-state index < -0.39 is 6.04 Å². The van der Waals surface area contributed by atoms with Gasteiger partial charge in [-0.15, -0.1) is 0 Å². The summed E-state index contributed by atoms with van der Waals surface area (Å²) in [6.45, 7) is 1.00. The van der Waals surface area contributed by atoms with Gasteiger partial charge in [0.05, 0.1) is 23.3 Å². The number of hydrogen-bond acceptors (Lipinski definition) is 3. The SMILES string of the molecule is O=C(CN1Cc2ccccc2CC1C(=O)NCCc1ccc(F)cc1)Nc1ccccc1Cl. The van der Waals surface area contributed by atoms with Crippen molar-refractivity contribution in [3.05, 3.63) is 100 Å². The quantitative estimate of drug-likeness (QED) is 0.549. The third-order valence-corrected chi connectivity index (χ3v) is 6.10. The number of para-hydroxylation sites is 1. The summed E-state index contributed by atoms with van der Waals surface area (Å²) in [6, 6.07) is 20.8. The Morgan fingerprint density at radius 1 is 0.970 bits per heavy atom. The molecule has 4 rings (SSSR count). The number of anilines is 1. The second-order valence-electron chi connectivity index (χ2n) is 8.09. The standard InChI is InChI=1S/C26H25ClFN3O2/c27-22-7-3-4-8-23(22)30-25(32)17-31-16-20-6-2-1-5-19(20)15-24(31)26(33)29-14-13-18-9-11-21(28)12-10-18/h1-12,24H,13-17H2,(H,29,33)(H,30,32). The van der Waals surface area contributed by atoms with E-state index in [0.29, 0.717) is 36.6 Å². The third kappa shape index (κ3) is 5.97. The first-order valence-corrected chi connectivity index (χ1v) is 11.2. The molecule has 2 N–H and O–H groups in total. The highest BCUT2D eigenvalue weighted by Crippen LogP contribution is 2.24. The molecule has 0 saturated heterocycles. The lowest BCUT2D eigenvalue weighted by atomic mass is 9.93. The number of carbonyl (C=O) groups is 2. The van der Waals surface area contributed by atoms with Crippen LogP contribution in [0.4, 0.5) is 10.1 Å². The number of amides is 2. The molecule has 1 aliphatic heterocycles. The van der Waals surface area contributed by atoms with Gasteiger partial charge in [-0.1, -0.05) is 60.1 Å². The number of hydrogen-bond donors (Lipinski definition) is 2. The Labute approximate surface area is 197 Å². The zero-order chi connectivity index (χ0) is 23.2. The van der Waals surface area contributed by atoms with E-state index in [1.165, 1.54) is 12.1 Å². The van der Waals surface area contributed by atoms with Crippen LogP contribution in [0.5, 0.6) is 0 Å². The maximum atomic E-state index is 13.1. The van der Waals surface area contributed by atoms with E-state index in [-0.39, 0.29) is 24.2 Å². The van der Waals surface area contributed by atoms with Gasteiger partial charge in [-0.3, -0.25) is 14.5 Å². The van der Waals surface area contributed by atoms with Crippen molar-refractivity contribution in [2.24, 2.45) is 0 Å². The Balaban J connectivity index is 1.42. The fraction of sp³-hybridized carbons (Fsp3) is 0.231. The maximum Gasteiger partial charge on any atom is 0.238 e. The van der Waals surface area contributed by atoms with Crippen LogP contribution in [0.2, 0.25) is 5.02 Å². The molecule has 0 aliphatic carbocycles. The van der Waals surface area contributed by atoms with Crippen molar-refractivity contribution in [2.75, 3.05) is 18.4 Å². The second-order valence-corrected chi connectivity index (χ2v) is 8.50. The number of fused-ring (bicyclic) bond motifs is 1. The van der Waals surface area contributed by atoms with Gasteiger partial charge in [0.15, 0.2) is 0 Å². The molecule has 1 aliphatic rings. The van der Waals surface area contributed by atoms with Gasteiger partial charge in [-0.05, 0) is 53.8 Å². The number of nitrogens with one attached hydrogen (secondary N) is 2. The zero-order valence-corrected chi connectivity index (χ0v) is 18.8. The zero-order valence-electron chi connectivity index (χ0n) is 18.1. The number of rotatable bonds is 7. The van der Waals surface area contributed by atoms with Gasteiger partial charge < -0.3 is 10.6 Å². The third-order valence-electron chi connectivity index (χ3n) is 5.77. The van der Waals surface area contributed by atoms with E-state index in [1.807, 2.05) is 29.2 Å². The molecule has 170 valence electrons. The van der Waals surface area contributed by atoms with E-state index in [1.54, 1.807) is 36.4 Å². The van der Waals surface area contributed by atoms with Crippen LogP contribution in [0.15, 0.2) is 72.8 Å². The Morgan fingerprint density at radius 3 is 2.42 bits per heavy atom. The first kappa shape index (κ1) is 23.0. The van der Waals surface area contributed by atoms with Gasteiger partial charge >= 0.3 is 0 Å². The largest absolute Gasteiger partial charge is 0.354 e. The van der Waals surface area contributed by atoms with Crippen molar-refractivity contribution >= 4 is 29.1 Å². The number of benzene rings is 3. The van der Waals surface area contributed by atoms with E-state index >= 15 is 0 Å². The molecule has 1 atom stereocenters. The van der Waals surface area contributed by atoms with Crippen LogP contribution in [-0.4, -0.2) is 35.8 Å². The summed E-state index contributed by atoms with van der Waals surface area (Å²) in [7, 11) is 0. The molecule has 3 aromatic rings. The van der Waals surface area contributed by atoms with E-state index in [4.69, 9.17) is 11.6 Å². The van der Waals surface area contributed by atoms with Crippen LogP contribution in [0.3, 0.4) is 0 Å². The molecular weight excluding hydrogens is 441 g/mol. The van der Waals surface area contributed by atoms with E-state index in [0.717, 1.165) is 16.7 Å². The summed E-state index contributed by atoms with van der Waals surface area (Å²) in [5.74, 6) is -0.641. The summed E-state index contributed by atoms with van der Waals surface area (Å²) in [4.78, 5) is 27.7. The highest BCUT2D eigenvalue weighted by Gasteiger charge is 2.32. The summed E-state index contributed by atoms with van der Waals surface area (Å²) in [6.07, 6.45) is 1.13. The van der Waals surface area contributed by atoms with Crippen molar-refractivity contribution in [1.82, 2.24) is 10.2 Å². The van der Waals surface area contributed by atoms with Crippen LogP contribution in [0.1, 0.15) is 16.7 Å². The molecule has 3 aromatic carbocycles. The van der Waals surface area contributed by atoms with Crippen molar-refractivity contribution in [2.45, 2.75) is 25.4 Å². The molecule has 5 nitrogen and oxygen atoms in total. The molecule has 0 fully saturated rings. The van der Waals surface area contributed by atoms with Gasteiger partial charge in [0.25, 0.3) is 0 Å². The highest BCUT2D eigenvalue weighted by molar-refractivity contribution is 6.33. The number of nitrogens with zero attached hydrogens (tertiary/aromatic N) is 1. The van der Waals surface area contributed by atoms with Crippen LogP contribution in [0.25, 0.3) is 0 Å². The molecule has 0 bridgehead atoms. The topological polar surface area (TPSA) is 61.4 Å². The predicted molar refractivity (Wildman–Crippen MR) is 128 cm³/mol. The summed E-state index contributed by atoms with van der Waals surface area (Å²) >= 11 is 6.16. The molecule has 1 unspecified atom stereocenters. The molecule has 0 spiro atoms. The summed E-state index contributed by atoms with van der Waals surface area (Å²) in [5, 5.41) is 6.28. The second kappa shape index (κ2) is 10.6. The van der Waals surface area contributed by atoms with Crippen molar-refractivity contribution < 1.29 is 14.0 Å². The fourth-order valence-corrected chi connectivity index (χ4v) is 4.22. The molecule has 1 heterocycles. The maximum absolute atomic E-state index is 13.1. The highest BCUT2D eigenvalue weighted by atomic mass is 35.5. The average molecular weight is 466 g/mol. The van der Waals surface area contributed by atoms with Crippen LogP contribution >= 0.6 is 11.6 Å². The van der Waals surface area contributed by atoms with Gasteiger partial charge in [0.2, 0.25) is 11.8 Å². The first-order valence-electron chi connectivity index (χ1n) is 10.9. The van der Waals surface area contributed by atoms with Gasteiger partial charge in [0.1, 0.15) is 5.82 Å².